The van der Waals surface area contributed by atoms with Crippen LogP contribution in [0.25, 0.3) is 0 Å². The number of carboxylic acids is 1. The van der Waals surface area contributed by atoms with Gasteiger partial charge in [0.05, 0.1) is 17.2 Å². The average molecular weight is 258 g/mol. The predicted molar refractivity (Wildman–Crippen MR) is 72.7 cm³/mol. The molecule has 1 saturated carbocycles. The zero-order valence-electron chi connectivity index (χ0n) is 10.8. The number of nitriles is 1. The summed E-state index contributed by atoms with van der Waals surface area (Å²) in [6.07, 6.45) is 3.42. The molecule has 4 heteroatoms. The molecule has 0 bridgehead atoms. The lowest BCUT2D eigenvalue weighted by Gasteiger charge is -2.26. The molecule has 1 aromatic carbocycles. The summed E-state index contributed by atoms with van der Waals surface area (Å²) in [6, 6.07) is 9.62. The maximum Gasteiger partial charge on any atom is 0.306 e. The van der Waals surface area contributed by atoms with Gasteiger partial charge < -0.3 is 10.4 Å². The molecule has 0 aliphatic heterocycles. The number of nitrogens with zero attached hydrogens (tertiary/aromatic N) is 1. The Hall–Kier alpha value is -2.02. The second-order valence-corrected chi connectivity index (χ2v) is 5.09. The van der Waals surface area contributed by atoms with Crippen LogP contribution >= 0.6 is 0 Å². The molecular weight excluding hydrogens is 240 g/mol. The van der Waals surface area contributed by atoms with Gasteiger partial charge in [-0.2, -0.15) is 5.26 Å². The first-order chi connectivity index (χ1) is 9.20. The van der Waals surface area contributed by atoms with E-state index in [1.165, 1.54) is 0 Å². The quantitative estimate of drug-likeness (QED) is 0.871. The minimum Gasteiger partial charge on any atom is -0.481 e. The molecule has 1 aromatic rings. The van der Waals surface area contributed by atoms with E-state index < -0.39 is 5.97 Å². The van der Waals surface area contributed by atoms with Crippen molar-refractivity contribution in [3.63, 3.8) is 0 Å². The molecule has 2 N–H and O–H groups in total. The highest BCUT2D eigenvalue weighted by molar-refractivity contribution is 5.70. The second kappa shape index (κ2) is 6.24. The van der Waals surface area contributed by atoms with Crippen molar-refractivity contribution in [2.45, 2.75) is 25.7 Å². The van der Waals surface area contributed by atoms with Crippen molar-refractivity contribution in [1.82, 2.24) is 0 Å². The fraction of sp³-hybridized carbons (Fsp3) is 0.467. The Bertz CT molecular complexity index is 485. The Morgan fingerprint density at radius 3 is 2.63 bits per heavy atom. The van der Waals surface area contributed by atoms with Crippen LogP contribution in [0, 0.1) is 23.2 Å². The van der Waals surface area contributed by atoms with Crippen LogP contribution in [0.5, 0.6) is 0 Å². The van der Waals surface area contributed by atoms with E-state index in [2.05, 4.69) is 11.4 Å². The van der Waals surface area contributed by atoms with Crippen molar-refractivity contribution in [2.24, 2.45) is 11.8 Å². The first kappa shape index (κ1) is 13.4. The lowest BCUT2D eigenvalue weighted by molar-refractivity contribution is -0.143. The normalized spacial score (nSPS) is 22.5. The van der Waals surface area contributed by atoms with Crippen LogP contribution in [0.3, 0.4) is 0 Å². The maximum absolute atomic E-state index is 10.9. The smallest absolute Gasteiger partial charge is 0.306 e. The number of hydrogen-bond donors (Lipinski definition) is 2. The number of aliphatic carboxylic acids is 1. The van der Waals surface area contributed by atoms with E-state index in [1.807, 2.05) is 18.2 Å². The molecule has 2 rings (SSSR count). The first-order valence-corrected chi connectivity index (χ1v) is 6.66. The number of anilines is 1. The van der Waals surface area contributed by atoms with Gasteiger partial charge in [0, 0.05) is 6.54 Å². The molecule has 100 valence electrons. The van der Waals surface area contributed by atoms with Crippen LogP contribution in [-0.2, 0) is 4.79 Å². The first-order valence-electron chi connectivity index (χ1n) is 6.66. The van der Waals surface area contributed by atoms with Gasteiger partial charge in [-0.3, -0.25) is 4.79 Å². The average Bonchev–Trinajstić information content (AvgIpc) is 2.45. The number of carboxylic acid groups (broad SMARTS) is 1. The third kappa shape index (κ3) is 3.47. The fourth-order valence-corrected chi connectivity index (χ4v) is 2.60. The molecule has 0 amide bonds. The number of nitrogens with one attached hydrogen (secondary N) is 1. The van der Waals surface area contributed by atoms with Crippen molar-refractivity contribution < 1.29 is 9.90 Å². The number of hydrogen-bond acceptors (Lipinski definition) is 3. The van der Waals surface area contributed by atoms with E-state index in [1.54, 1.807) is 6.07 Å². The zero-order chi connectivity index (χ0) is 13.7. The summed E-state index contributed by atoms with van der Waals surface area (Å²) in [4.78, 5) is 10.9. The van der Waals surface area contributed by atoms with Gasteiger partial charge in [0.25, 0.3) is 0 Å². The van der Waals surface area contributed by atoms with E-state index in [4.69, 9.17) is 10.4 Å². The van der Waals surface area contributed by atoms with Gasteiger partial charge in [0.15, 0.2) is 0 Å². The predicted octanol–water partition coefficient (Wildman–Crippen LogP) is 2.86. The van der Waals surface area contributed by atoms with E-state index >= 15 is 0 Å². The molecular formula is C15H18N2O2. The number of carbonyl (C=O) groups is 1. The lowest BCUT2D eigenvalue weighted by Crippen LogP contribution is -2.25. The largest absolute Gasteiger partial charge is 0.481 e. The number of benzene rings is 1. The molecule has 0 unspecified atom stereocenters. The molecule has 19 heavy (non-hydrogen) atoms. The Morgan fingerprint density at radius 2 is 2.00 bits per heavy atom. The van der Waals surface area contributed by atoms with Crippen molar-refractivity contribution in [3.05, 3.63) is 29.8 Å². The molecule has 0 heterocycles. The van der Waals surface area contributed by atoms with Crippen LogP contribution in [0.15, 0.2) is 24.3 Å². The van der Waals surface area contributed by atoms with Crippen molar-refractivity contribution in [2.75, 3.05) is 11.9 Å². The standard InChI is InChI=1S/C15H18N2O2/c16-9-13-3-1-2-4-14(13)17-10-11-5-7-12(8-6-11)15(18)19/h1-4,11-12,17H,5-8,10H2,(H,18,19). The maximum atomic E-state index is 10.9. The van der Waals surface area contributed by atoms with Crippen LogP contribution < -0.4 is 5.32 Å². The molecule has 4 nitrogen and oxygen atoms in total. The van der Waals surface area contributed by atoms with E-state index in [0.29, 0.717) is 11.5 Å². The Balaban J connectivity index is 1.84. The SMILES string of the molecule is N#Cc1ccccc1NCC1CCC(C(=O)O)CC1. The summed E-state index contributed by atoms with van der Waals surface area (Å²) in [7, 11) is 0. The van der Waals surface area contributed by atoms with Crippen LogP contribution in [0.1, 0.15) is 31.2 Å². The van der Waals surface area contributed by atoms with Gasteiger partial charge >= 0.3 is 5.97 Å². The highest BCUT2D eigenvalue weighted by Crippen LogP contribution is 2.29. The summed E-state index contributed by atoms with van der Waals surface area (Å²) in [5.74, 6) is -0.328. The van der Waals surface area contributed by atoms with Crippen molar-refractivity contribution >= 4 is 11.7 Å². The Labute approximate surface area is 113 Å². The molecule has 0 radical (unpaired) electrons. The van der Waals surface area contributed by atoms with Gasteiger partial charge in [-0.05, 0) is 43.7 Å². The molecule has 1 fully saturated rings. The second-order valence-electron chi connectivity index (χ2n) is 5.09. The van der Waals surface area contributed by atoms with Gasteiger partial charge in [-0.1, -0.05) is 12.1 Å². The topological polar surface area (TPSA) is 73.1 Å². The minimum atomic E-state index is -0.666. The summed E-state index contributed by atoms with van der Waals surface area (Å²) in [5.41, 5.74) is 1.52. The van der Waals surface area contributed by atoms with Crippen LogP contribution in [0.4, 0.5) is 5.69 Å². The molecule has 0 atom stereocenters. The van der Waals surface area contributed by atoms with Crippen molar-refractivity contribution in [1.29, 1.82) is 5.26 Å². The molecule has 0 aromatic heterocycles. The van der Waals surface area contributed by atoms with Crippen LogP contribution in [-0.4, -0.2) is 17.6 Å². The van der Waals surface area contributed by atoms with Crippen LogP contribution in [0.2, 0.25) is 0 Å². The lowest BCUT2D eigenvalue weighted by atomic mass is 9.82. The molecule has 1 aliphatic carbocycles. The van der Waals surface area contributed by atoms with Crippen molar-refractivity contribution in [3.8, 4) is 6.07 Å². The minimum absolute atomic E-state index is 0.164. The third-order valence-electron chi connectivity index (χ3n) is 3.82. The van der Waals surface area contributed by atoms with Gasteiger partial charge in [0.1, 0.15) is 6.07 Å². The highest BCUT2D eigenvalue weighted by atomic mass is 16.4. The summed E-state index contributed by atoms with van der Waals surface area (Å²) < 4.78 is 0. The third-order valence-corrected chi connectivity index (χ3v) is 3.82. The molecule has 1 aliphatic rings. The summed E-state index contributed by atoms with van der Waals surface area (Å²) in [6.45, 7) is 0.811. The summed E-state index contributed by atoms with van der Waals surface area (Å²) in [5, 5.41) is 21.3. The zero-order valence-corrected chi connectivity index (χ0v) is 10.8. The number of para-hydroxylation sites is 1. The van der Waals surface area contributed by atoms with Gasteiger partial charge in [-0.15, -0.1) is 0 Å². The Kier molecular flexibility index (Phi) is 4.40. The van der Waals surface area contributed by atoms with Gasteiger partial charge in [0.2, 0.25) is 0 Å². The van der Waals surface area contributed by atoms with Gasteiger partial charge in [-0.25, -0.2) is 0 Å². The number of rotatable bonds is 4. The molecule has 0 saturated heterocycles. The van der Waals surface area contributed by atoms with E-state index in [0.717, 1.165) is 37.9 Å². The van der Waals surface area contributed by atoms with E-state index in [-0.39, 0.29) is 5.92 Å². The fourth-order valence-electron chi connectivity index (χ4n) is 2.60. The summed E-state index contributed by atoms with van der Waals surface area (Å²) >= 11 is 0. The highest BCUT2D eigenvalue weighted by Gasteiger charge is 2.25. The monoisotopic (exact) mass is 258 g/mol. The Morgan fingerprint density at radius 1 is 1.32 bits per heavy atom. The van der Waals surface area contributed by atoms with E-state index in [9.17, 15) is 4.79 Å². The molecule has 0 spiro atoms.